The van der Waals surface area contributed by atoms with Gasteiger partial charge in [-0.25, -0.2) is 4.39 Å². The van der Waals surface area contributed by atoms with Crippen LogP contribution in [-0.2, 0) is 4.79 Å². The Morgan fingerprint density at radius 2 is 2.09 bits per heavy atom. The summed E-state index contributed by atoms with van der Waals surface area (Å²) in [6, 6.07) is 5.62. The van der Waals surface area contributed by atoms with E-state index >= 15 is 0 Å². The first-order valence-electron chi connectivity index (χ1n) is 7.36. The number of nitrogens with one attached hydrogen (secondary N) is 1. The number of Topliss-reactive ketones (excluding diaryl/α,β-unsaturated/α-hetero) is 1. The Morgan fingerprint density at radius 3 is 2.82 bits per heavy atom. The van der Waals surface area contributed by atoms with Crippen molar-refractivity contribution in [1.29, 1.82) is 0 Å². The zero-order valence-electron chi connectivity index (χ0n) is 12.7. The summed E-state index contributed by atoms with van der Waals surface area (Å²) >= 11 is 0. The van der Waals surface area contributed by atoms with E-state index in [4.69, 9.17) is 0 Å². The minimum absolute atomic E-state index is 0. The zero-order chi connectivity index (χ0) is 15.2. The summed E-state index contributed by atoms with van der Waals surface area (Å²) in [6.07, 6.45) is 1.10. The summed E-state index contributed by atoms with van der Waals surface area (Å²) in [4.78, 5) is 26.3. The van der Waals surface area contributed by atoms with Gasteiger partial charge in [-0.05, 0) is 25.1 Å². The van der Waals surface area contributed by atoms with Crippen molar-refractivity contribution in [2.75, 3.05) is 26.2 Å². The molecule has 4 nitrogen and oxygen atoms in total. The van der Waals surface area contributed by atoms with Gasteiger partial charge in [0, 0.05) is 37.5 Å². The van der Waals surface area contributed by atoms with Crippen molar-refractivity contribution < 1.29 is 14.0 Å². The maximum Gasteiger partial charge on any atom is 0.223 e. The highest BCUT2D eigenvalue weighted by Gasteiger charge is 2.22. The first-order valence-corrected chi connectivity index (χ1v) is 7.36. The lowest BCUT2D eigenvalue weighted by Crippen LogP contribution is -2.35. The van der Waals surface area contributed by atoms with Crippen molar-refractivity contribution in [3.05, 3.63) is 35.6 Å². The van der Waals surface area contributed by atoms with Crippen LogP contribution in [0.15, 0.2) is 24.3 Å². The van der Waals surface area contributed by atoms with Crippen molar-refractivity contribution in [3.63, 3.8) is 0 Å². The van der Waals surface area contributed by atoms with Crippen molar-refractivity contribution in [2.45, 2.75) is 19.8 Å². The maximum absolute atomic E-state index is 13.2. The number of carbonyl (C=O) groups is 2. The van der Waals surface area contributed by atoms with E-state index in [1.807, 2.05) is 0 Å². The lowest BCUT2D eigenvalue weighted by atomic mass is 9.96. The summed E-state index contributed by atoms with van der Waals surface area (Å²) in [5, 5.41) is 3.24. The van der Waals surface area contributed by atoms with E-state index in [-0.39, 0.29) is 30.5 Å². The van der Waals surface area contributed by atoms with Gasteiger partial charge >= 0.3 is 0 Å². The monoisotopic (exact) mass is 328 g/mol. The standard InChI is InChI=1S/C16H21FN2O2.ClH/c1-12(16(21)13-4-2-5-14(17)11-13)10-15(20)19-8-3-6-18-7-9-19;/h2,4-5,11-12,18H,3,6-10H2,1H3;1H. The molecule has 1 aromatic carbocycles. The highest BCUT2D eigenvalue weighted by atomic mass is 35.5. The molecule has 1 atom stereocenters. The number of rotatable bonds is 4. The number of carbonyl (C=O) groups excluding carboxylic acids is 2. The van der Waals surface area contributed by atoms with Gasteiger partial charge in [0.2, 0.25) is 5.91 Å². The van der Waals surface area contributed by atoms with Crippen LogP contribution in [0, 0.1) is 11.7 Å². The van der Waals surface area contributed by atoms with Crippen molar-refractivity contribution in [1.82, 2.24) is 10.2 Å². The predicted octanol–water partition coefficient (Wildman–Crippen LogP) is 2.28. The molecule has 1 saturated heterocycles. The third kappa shape index (κ3) is 5.07. The molecule has 6 heteroatoms. The second-order valence-corrected chi connectivity index (χ2v) is 5.46. The minimum Gasteiger partial charge on any atom is -0.341 e. The molecule has 1 aromatic rings. The summed E-state index contributed by atoms with van der Waals surface area (Å²) in [6.45, 7) is 4.84. The summed E-state index contributed by atoms with van der Waals surface area (Å²) < 4.78 is 13.2. The summed E-state index contributed by atoms with van der Waals surface area (Å²) in [5.74, 6) is -1.06. The van der Waals surface area contributed by atoms with Crippen LogP contribution in [-0.4, -0.2) is 42.8 Å². The second kappa shape index (κ2) is 8.86. The van der Waals surface area contributed by atoms with Crippen LogP contribution in [0.3, 0.4) is 0 Å². The molecule has 0 saturated carbocycles. The molecule has 1 N–H and O–H groups in total. The van der Waals surface area contributed by atoms with Crippen LogP contribution < -0.4 is 5.32 Å². The van der Waals surface area contributed by atoms with Gasteiger partial charge < -0.3 is 10.2 Å². The van der Waals surface area contributed by atoms with Crippen molar-refractivity contribution >= 4 is 24.1 Å². The maximum atomic E-state index is 13.2. The van der Waals surface area contributed by atoms with Crippen molar-refractivity contribution in [3.8, 4) is 0 Å². The van der Waals surface area contributed by atoms with Gasteiger partial charge in [0.05, 0.1) is 0 Å². The normalized spacial score (nSPS) is 16.4. The van der Waals surface area contributed by atoms with Gasteiger partial charge in [0.15, 0.2) is 5.78 Å². The van der Waals surface area contributed by atoms with Gasteiger partial charge in [0.25, 0.3) is 0 Å². The Bertz CT molecular complexity index is 517. The fourth-order valence-corrected chi connectivity index (χ4v) is 2.51. The minimum atomic E-state index is -0.435. The Balaban J connectivity index is 0.00000242. The molecule has 1 aliphatic heterocycles. The third-order valence-electron chi connectivity index (χ3n) is 3.73. The average Bonchev–Trinajstić information content (AvgIpc) is 2.75. The molecule has 22 heavy (non-hydrogen) atoms. The molecule has 1 aliphatic rings. The number of hydrogen-bond acceptors (Lipinski definition) is 3. The predicted molar refractivity (Wildman–Crippen MR) is 85.8 cm³/mol. The van der Waals surface area contributed by atoms with E-state index in [9.17, 15) is 14.0 Å². The quantitative estimate of drug-likeness (QED) is 0.863. The first-order chi connectivity index (χ1) is 10.1. The smallest absolute Gasteiger partial charge is 0.223 e. The SMILES string of the molecule is CC(CC(=O)N1CCCNCC1)C(=O)c1cccc(F)c1.Cl. The number of nitrogens with zero attached hydrogens (tertiary/aromatic N) is 1. The molecule has 1 heterocycles. The molecule has 0 aliphatic carbocycles. The molecule has 1 amide bonds. The van der Waals surface area contributed by atoms with Crippen LogP contribution in [0.1, 0.15) is 30.1 Å². The highest BCUT2D eigenvalue weighted by molar-refractivity contribution is 5.99. The van der Waals surface area contributed by atoms with E-state index in [1.165, 1.54) is 18.2 Å². The summed E-state index contributed by atoms with van der Waals surface area (Å²) in [7, 11) is 0. The molecule has 1 unspecified atom stereocenters. The average molecular weight is 329 g/mol. The molecular weight excluding hydrogens is 307 g/mol. The van der Waals surface area contributed by atoms with Crippen LogP contribution in [0.5, 0.6) is 0 Å². The van der Waals surface area contributed by atoms with Gasteiger partial charge in [-0.2, -0.15) is 0 Å². The Kier molecular flexibility index (Phi) is 7.48. The highest BCUT2D eigenvalue weighted by Crippen LogP contribution is 2.15. The number of benzene rings is 1. The van der Waals surface area contributed by atoms with Crippen LogP contribution in [0.25, 0.3) is 0 Å². The number of amides is 1. The first kappa shape index (κ1) is 18.6. The van der Waals surface area contributed by atoms with E-state index in [0.717, 1.165) is 26.1 Å². The van der Waals surface area contributed by atoms with Gasteiger partial charge in [-0.15, -0.1) is 12.4 Å². The number of hydrogen-bond donors (Lipinski definition) is 1. The Morgan fingerprint density at radius 1 is 1.32 bits per heavy atom. The largest absolute Gasteiger partial charge is 0.341 e. The molecular formula is C16H22ClFN2O2. The van der Waals surface area contributed by atoms with Gasteiger partial charge in [-0.1, -0.05) is 19.1 Å². The van der Waals surface area contributed by atoms with E-state index in [1.54, 1.807) is 17.9 Å². The van der Waals surface area contributed by atoms with Crippen LogP contribution >= 0.6 is 12.4 Å². The fourth-order valence-electron chi connectivity index (χ4n) is 2.51. The van der Waals surface area contributed by atoms with Gasteiger partial charge in [-0.3, -0.25) is 9.59 Å². The zero-order valence-corrected chi connectivity index (χ0v) is 13.5. The van der Waals surface area contributed by atoms with Crippen LogP contribution in [0.4, 0.5) is 4.39 Å². The van der Waals surface area contributed by atoms with E-state index in [2.05, 4.69) is 5.32 Å². The lowest BCUT2D eigenvalue weighted by Gasteiger charge is -2.21. The fraction of sp³-hybridized carbons (Fsp3) is 0.500. The van der Waals surface area contributed by atoms with E-state index < -0.39 is 11.7 Å². The van der Waals surface area contributed by atoms with Crippen molar-refractivity contribution in [2.24, 2.45) is 5.92 Å². The molecule has 2 rings (SSSR count). The number of halogens is 2. The molecule has 0 bridgehead atoms. The third-order valence-corrected chi connectivity index (χ3v) is 3.73. The lowest BCUT2D eigenvalue weighted by molar-refractivity contribution is -0.131. The molecule has 0 radical (unpaired) electrons. The number of ketones is 1. The van der Waals surface area contributed by atoms with Gasteiger partial charge in [0.1, 0.15) is 5.82 Å². The summed E-state index contributed by atoms with van der Waals surface area (Å²) in [5.41, 5.74) is 0.327. The molecule has 122 valence electrons. The Hall–Kier alpha value is -1.46. The molecule has 0 aromatic heterocycles. The topological polar surface area (TPSA) is 49.4 Å². The van der Waals surface area contributed by atoms with E-state index in [0.29, 0.717) is 12.1 Å². The molecule has 1 fully saturated rings. The second-order valence-electron chi connectivity index (χ2n) is 5.46. The Labute approximate surface area is 136 Å². The van der Waals surface area contributed by atoms with Crippen LogP contribution in [0.2, 0.25) is 0 Å². The molecule has 0 spiro atoms.